The molecule has 0 saturated carbocycles. The third-order valence-electron chi connectivity index (χ3n) is 17.0. The molecule has 0 bridgehead atoms. The number of aryl methyl sites for hydroxylation is 1. The molecule has 0 amide bonds. The van der Waals surface area contributed by atoms with Crippen LogP contribution in [0.2, 0.25) is 0 Å². The highest BCUT2D eigenvalue weighted by Crippen LogP contribution is 2.53. The Morgan fingerprint density at radius 1 is 0.463 bits per heavy atom. The van der Waals surface area contributed by atoms with E-state index in [2.05, 4.69) is 214 Å². The van der Waals surface area contributed by atoms with Gasteiger partial charge in [-0.25, -0.2) is 0 Å². The lowest BCUT2D eigenvalue weighted by Gasteiger charge is -2.48. The van der Waals surface area contributed by atoms with Crippen LogP contribution in [-0.4, -0.2) is 6.71 Å². The molecule has 3 nitrogen and oxygen atoms in total. The van der Waals surface area contributed by atoms with E-state index in [-0.39, 0.29) is 33.8 Å². The lowest BCUT2D eigenvalue weighted by Crippen LogP contribution is -2.62. The summed E-state index contributed by atoms with van der Waals surface area (Å²) in [5.74, 6) is 0. The number of furan rings is 1. The quantitative estimate of drug-likeness (QED) is 0.165. The fraction of sp³-hybridized carbons (Fsp3) is 0.333. The standard InChI is InChI=1S/C63H65BN2O/c1-38-31-54-58-55(32-38)66(43-23-25-46-47(35-43)61(7,8)28-27-60(46,5)6)53-37-49-48(62(9,10)29-30-63(49,11)12)36-51(53)64(58)50-34-41(59(2,3)4)20-26-52(50)65(54)42-21-17-39(18-22-42)40-19-24-45-44-15-13-14-16-56(44)67-57(45)33-40/h13-26,31-37H,27-30H2,1-12H3. The van der Waals surface area contributed by atoms with Gasteiger partial charge in [0, 0.05) is 44.9 Å². The Balaban J connectivity index is 1.10. The summed E-state index contributed by atoms with van der Waals surface area (Å²) >= 11 is 0. The summed E-state index contributed by atoms with van der Waals surface area (Å²) in [6.07, 6.45) is 4.74. The van der Waals surface area contributed by atoms with Crippen LogP contribution < -0.4 is 26.2 Å². The van der Waals surface area contributed by atoms with Gasteiger partial charge in [-0.2, -0.15) is 0 Å². The largest absolute Gasteiger partial charge is 0.456 e. The Bertz CT molecular complexity index is 3370. The molecule has 4 heteroatoms. The monoisotopic (exact) mass is 877 g/mol. The highest BCUT2D eigenvalue weighted by Gasteiger charge is 2.47. The van der Waals surface area contributed by atoms with Gasteiger partial charge < -0.3 is 14.2 Å². The third kappa shape index (κ3) is 6.37. The molecule has 336 valence electrons. The number of nitrogens with zero attached hydrogens (tertiary/aromatic N) is 2. The van der Waals surface area contributed by atoms with Crippen molar-refractivity contribution in [2.75, 3.05) is 9.80 Å². The van der Waals surface area contributed by atoms with Crippen molar-refractivity contribution in [3.63, 3.8) is 0 Å². The molecule has 8 aromatic rings. The van der Waals surface area contributed by atoms with Gasteiger partial charge >= 0.3 is 0 Å². The maximum Gasteiger partial charge on any atom is 0.252 e. The Kier molecular flexibility index (Phi) is 8.87. The first-order valence-electron chi connectivity index (χ1n) is 25.0. The lowest BCUT2D eigenvalue weighted by atomic mass is 9.33. The zero-order valence-electron chi connectivity index (χ0n) is 41.8. The van der Waals surface area contributed by atoms with Gasteiger partial charge in [0.05, 0.1) is 0 Å². The van der Waals surface area contributed by atoms with Crippen molar-refractivity contribution in [2.45, 2.75) is 136 Å². The van der Waals surface area contributed by atoms with Crippen molar-refractivity contribution in [2.24, 2.45) is 0 Å². The molecule has 0 unspecified atom stereocenters. The van der Waals surface area contributed by atoms with Gasteiger partial charge in [0.2, 0.25) is 0 Å². The van der Waals surface area contributed by atoms with E-state index in [1.807, 2.05) is 6.07 Å². The van der Waals surface area contributed by atoms with Crippen LogP contribution in [0.1, 0.15) is 135 Å². The first-order valence-corrected chi connectivity index (χ1v) is 25.0. The van der Waals surface area contributed by atoms with Gasteiger partial charge in [0.15, 0.2) is 0 Å². The van der Waals surface area contributed by atoms with Crippen LogP contribution in [0.4, 0.5) is 34.1 Å². The summed E-state index contributed by atoms with van der Waals surface area (Å²) in [7, 11) is 0. The van der Waals surface area contributed by atoms with E-state index in [4.69, 9.17) is 4.42 Å². The number of fused-ring (bicyclic) bond motifs is 9. The maximum absolute atomic E-state index is 6.35. The predicted octanol–water partition coefficient (Wildman–Crippen LogP) is 15.6. The fourth-order valence-electron chi connectivity index (χ4n) is 12.6. The molecule has 67 heavy (non-hydrogen) atoms. The van der Waals surface area contributed by atoms with E-state index >= 15 is 0 Å². The molecule has 0 spiro atoms. The van der Waals surface area contributed by atoms with Crippen molar-refractivity contribution >= 4 is 79.2 Å². The molecule has 0 N–H and O–H groups in total. The zero-order chi connectivity index (χ0) is 46.7. The first-order chi connectivity index (χ1) is 31.7. The molecule has 2 aliphatic heterocycles. The normalized spacial score (nSPS) is 18.3. The van der Waals surface area contributed by atoms with Crippen molar-refractivity contribution in [3.8, 4) is 11.1 Å². The number of anilines is 6. The number of para-hydroxylation sites is 1. The molecule has 2 aliphatic carbocycles. The minimum absolute atomic E-state index is 0.0199. The van der Waals surface area contributed by atoms with E-state index in [9.17, 15) is 0 Å². The van der Waals surface area contributed by atoms with E-state index in [1.54, 1.807) is 0 Å². The zero-order valence-corrected chi connectivity index (χ0v) is 41.8. The molecule has 0 saturated heterocycles. The molecule has 3 heterocycles. The average molecular weight is 877 g/mol. The Labute approximate surface area is 399 Å². The maximum atomic E-state index is 6.35. The van der Waals surface area contributed by atoms with E-state index < -0.39 is 0 Å². The van der Waals surface area contributed by atoms with E-state index in [1.165, 1.54) is 109 Å². The fourth-order valence-corrected chi connectivity index (χ4v) is 12.6. The smallest absolute Gasteiger partial charge is 0.252 e. The first kappa shape index (κ1) is 42.4. The lowest BCUT2D eigenvalue weighted by molar-refractivity contribution is 0.332. The van der Waals surface area contributed by atoms with Gasteiger partial charge in [-0.1, -0.05) is 137 Å². The molecule has 0 atom stereocenters. The SMILES string of the molecule is Cc1cc2c3c(c1)N(c1ccc4c(c1)C(C)(C)CCC4(C)C)c1cc4c(cc1B3c1cc(C(C)(C)C)ccc1N2c1ccc(-c2ccc3c(c2)oc2ccccc23)cc1)C(C)(C)CCC4(C)C. The highest BCUT2D eigenvalue weighted by molar-refractivity contribution is 7.00. The van der Waals surface area contributed by atoms with Crippen molar-refractivity contribution in [3.05, 3.63) is 161 Å². The molecule has 7 aromatic carbocycles. The van der Waals surface area contributed by atoms with Gasteiger partial charge in [0.25, 0.3) is 6.71 Å². The van der Waals surface area contributed by atoms with Gasteiger partial charge in [-0.3, -0.25) is 0 Å². The van der Waals surface area contributed by atoms with Crippen LogP contribution in [-0.2, 0) is 27.1 Å². The van der Waals surface area contributed by atoms with Crippen LogP contribution >= 0.6 is 0 Å². The van der Waals surface area contributed by atoms with Crippen LogP contribution in [0.5, 0.6) is 0 Å². The summed E-state index contributed by atoms with van der Waals surface area (Å²) < 4.78 is 6.35. The Morgan fingerprint density at radius 2 is 1.01 bits per heavy atom. The van der Waals surface area contributed by atoms with Gasteiger partial charge in [-0.05, 0) is 187 Å². The van der Waals surface area contributed by atoms with Crippen LogP contribution in [0.3, 0.4) is 0 Å². The van der Waals surface area contributed by atoms with Crippen molar-refractivity contribution in [1.29, 1.82) is 0 Å². The number of hydrogen-bond donors (Lipinski definition) is 0. The van der Waals surface area contributed by atoms with E-state index in [0.717, 1.165) is 33.2 Å². The molecule has 12 rings (SSSR count). The Morgan fingerprint density at radius 3 is 1.69 bits per heavy atom. The minimum atomic E-state index is -0.0199. The average Bonchev–Trinajstić information content (AvgIpc) is 3.66. The second-order valence-electron chi connectivity index (χ2n) is 24.4. The summed E-state index contributed by atoms with van der Waals surface area (Å²) in [5.41, 5.74) is 24.9. The van der Waals surface area contributed by atoms with Crippen LogP contribution in [0, 0.1) is 6.92 Å². The van der Waals surface area contributed by atoms with Crippen LogP contribution in [0.25, 0.3) is 33.1 Å². The number of rotatable bonds is 3. The predicted molar refractivity (Wildman–Crippen MR) is 287 cm³/mol. The second kappa shape index (κ2) is 14.0. The molecule has 0 fully saturated rings. The van der Waals surface area contributed by atoms with Crippen LogP contribution in [0.15, 0.2) is 132 Å². The topological polar surface area (TPSA) is 19.6 Å². The van der Waals surface area contributed by atoms with Crippen molar-refractivity contribution < 1.29 is 4.42 Å². The molecule has 0 radical (unpaired) electrons. The third-order valence-corrected chi connectivity index (χ3v) is 17.0. The summed E-state index contributed by atoms with van der Waals surface area (Å²) in [5, 5.41) is 2.31. The van der Waals surface area contributed by atoms with Crippen molar-refractivity contribution in [1.82, 2.24) is 0 Å². The van der Waals surface area contributed by atoms with Gasteiger partial charge in [0.1, 0.15) is 11.2 Å². The minimum Gasteiger partial charge on any atom is -0.456 e. The molecular weight excluding hydrogens is 812 g/mol. The Hall–Kier alpha value is -6.00. The highest BCUT2D eigenvalue weighted by atomic mass is 16.3. The number of benzene rings is 7. The summed E-state index contributed by atoms with van der Waals surface area (Å²) in [6, 6.07) is 49.4. The molecule has 1 aromatic heterocycles. The molecule has 4 aliphatic rings. The molecular formula is C63H65BN2O. The van der Waals surface area contributed by atoms with E-state index in [0.29, 0.717) is 0 Å². The van der Waals surface area contributed by atoms with Gasteiger partial charge in [-0.15, -0.1) is 0 Å². The summed E-state index contributed by atoms with van der Waals surface area (Å²) in [6.45, 7) is 29.2. The number of hydrogen-bond acceptors (Lipinski definition) is 3. The summed E-state index contributed by atoms with van der Waals surface area (Å²) in [4.78, 5) is 5.26. The second-order valence-corrected chi connectivity index (χ2v) is 24.4.